The smallest absolute Gasteiger partial charge is 0.245 e. The number of hydrogen-bond donors (Lipinski definition) is 3. The van der Waals surface area contributed by atoms with Crippen LogP contribution in [0.15, 0.2) is 24.3 Å². The SMILES string of the molecule is CC(O)C(NC(=O)C1CC1)C(=O)NCCc1ccc(F)cc1. The molecule has 5 nitrogen and oxygen atoms in total. The molecule has 120 valence electrons. The molecule has 0 bridgehead atoms. The van der Waals surface area contributed by atoms with Crippen molar-refractivity contribution in [1.29, 1.82) is 0 Å². The lowest BCUT2D eigenvalue weighted by Gasteiger charge is -2.20. The number of carbonyl (C=O) groups excluding carboxylic acids is 2. The predicted octanol–water partition coefficient (Wildman–Crippen LogP) is 0.760. The molecule has 0 aliphatic heterocycles. The Bertz CT molecular complexity index is 527. The normalized spacial score (nSPS) is 16.7. The summed E-state index contributed by atoms with van der Waals surface area (Å²) in [6.07, 6.45) is 1.26. The van der Waals surface area contributed by atoms with Crippen molar-refractivity contribution >= 4 is 11.8 Å². The molecule has 1 aromatic rings. The maximum atomic E-state index is 12.8. The summed E-state index contributed by atoms with van der Waals surface area (Å²) in [6.45, 7) is 1.82. The van der Waals surface area contributed by atoms with E-state index in [0.29, 0.717) is 13.0 Å². The van der Waals surface area contributed by atoms with Crippen molar-refractivity contribution in [2.75, 3.05) is 6.54 Å². The topological polar surface area (TPSA) is 78.4 Å². The van der Waals surface area contributed by atoms with Gasteiger partial charge < -0.3 is 15.7 Å². The third-order valence-corrected chi connectivity index (χ3v) is 3.64. The third-order valence-electron chi connectivity index (χ3n) is 3.64. The average Bonchev–Trinajstić information content (AvgIpc) is 3.30. The van der Waals surface area contributed by atoms with E-state index in [9.17, 15) is 19.1 Å². The van der Waals surface area contributed by atoms with Gasteiger partial charge in [0.05, 0.1) is 6.10 Å². The molecular formula is C16H21FN2O3. The molecule has 6 heteroatoms. The van der Waals surface area contributed by atoms with Gasteiger partial charge in [-0.15, -0.1) is 0 Å². The molecule has 0 heterocycles. The van der Waals surface area contributed by atoms with Gasteiger partial charge in [-0.1, -0.05) is 12.1 Å². The van der Waals surface area contributed by atoms with Gasteiger partial charge in [0, 0.05) is 12.5 Å². The second-order valence-electron chi connectivity index (χ2n) is 5.67. The Morgan fingerprint density at radius 2 is 1.95 bits per heavy atom. The summed E-state index contributed by atoms with van der Waals surface area (Å²) in [5, 5.41) is 14.9. The minimum atomic E-state index is -0.964. The van der Waals surface area contributed by atoms with Crippen LogP contribution in [0.25, 0.3) is 0 Å². The Balaban J connectivity index is 1.80. The molecule has 1 aliphatic rings. The fourth-order valence-corrected chi connectivity index (χ4v) is 2.11. The molecule has 0 aromatic heterocycles. The fourth-order valence-electron chi connectivity index (χ4n) is 2.11. The molecule has 2 unspecified atom stereocenters. The van der Waals surface area contributed by atoms with E-state index in [1.165, 1.54) is 19.1 Å². The molecule has 1 fully saturated rings. The lowest BCUT2D eigenvalue weighted by molar-refractivity contribution is -0.132. The van der Waals surface area contributed by atoms with Gasteiger partial charge in [0.25, 0.3) is 0 Å². The van der Waals surface area contributed by atoms with Gasteiger partial charge in [0.1, 0.15) is 11.9 Å². The zero-order chi connectivity index (χ0) is 16.1. The van der Waals surface area contributed by atoms with Crippen molar-refractivity contribution in [2.45, 2.75) is 38.3 Å². The van der Waals surface area contributed by atoms with E-state index in [-0.39, 0.29) is 17.6 Å². The van der Waals surface area contributed by atoms with E-state index in [1.807, 2.05) is 0 Å². The van der Waals surface area contributed by atoms with Crippen LogP contribution in [0.2, 0.25) is 0 Å². The molecule has 1 aliphatic carbocycles. The van der Waals surface area contributed by atoms with Crippen LogP contribution in [-0.2, 0) is 16.0 Å². The number of carbonyl (C=O) groups is 2. The van der Waals surface area contributed by atoms with Crippen LogP contribution >= 0.6 is 0 Å². The van der Waals surface area contributed by atoms with Crippen LogP contribution in [0.5, 0.6) is 0 Å². The van der Waals surface area contributed by atoms with Crippen molar-refractivity contribution in [2.24, 2.45) is 5.92 Å². The number of rotatable bonds is 7. The highest BCUT2D eigenvalue weighted by Gasteiger charge is 2.34. The average molecular weight is 308 g/mol. The van der Waals surface area contributed by atoms with Crippen LogP contribution in [0.1, 0.15) is 25.3 Å². The highest BCUT2D eigenvalue weighted by Crippen LogP contribution is 2.28. The first-order valence-corrected chi connectivity index (χ1v) is 7.48. The first-order valence-electron chi connectivity index (χ1n) is 7.48. The Hall–Kier alpha value is -1.95. The van der Waals surface area contributed by atoms with Gasteiger partial charge in [-0.3, -0.25) is 9.59 Å². The summed E-state index contributed by atoms with van der Waals surface area (Å²) in [4.78, 5) is 23.8. The molecule has 1 aromatic carbocycles. The fraction of sp³-hybridized carbons (Fsp3) is 0.500. The van der Waals surface area contributed by atoms with Crippen molar-refractivity contribution in [3.63, 3.8) is 0 Å². The Morgan fingerprint density at radius 1 is 1.32 bits per heavy atom. The molecule has 22 heavy (non-hydrogen) atoms. The van der Waals surface area contributed by atoms with E-state index in [0.717, 1.165) is 18.4 Å². The molecule has 3 N–H and O–H groups in total. The second kappa shape index (κ2) is 7.35. The summed E-state index contributed by atoms with van der Waals surface area (Å²) in [5.41, 5.74) is 0.900. The molecule has 0 radical (unpaired) electrons. The van der Waals surface area contributed by atoms with Gasteiger partial charge in [-0.2, -0.15) is 0 Å². The third kappa shape index (κ3) is 4.80. The van der Waals surface area contributed by atoms with Gasteiger partial charge in [-0.25, -0.2) is 4.39 Å². The molecule has 1 saturated carbocycles. The molecule has 2 amide bonds. The van der Waals surface area contributed by atoms with E-state index < -0.39 is 18.1 Å². The van der Waals surface area contributed by atoms with E-state index in [1.54, 1.807) is 12.1 Å². The van der Waals surface area contributed by atoms with Gasteiger partial charge >= 0.3 is 0 Å². The number of nitrogens with one attached hydrogen (secondary N) is 2. The summed E-state index contributed by atoms with van der Waals surface area (Å²) in [5.74, 6) is -0.913. The zero-order valence-corrected chi connectivity index (χ0v) is 12.5. The van der Waals surface area contributed by atoms with E-state index in [4.69, 9.17) is 0 Å². The first kappa shape index (κ1) is 16.4. The van der Waals surface area contributed by atoms with Crippen LogP contribution in [-0.4, -0.2) is 35.6 Å². The van der Waals surface area contributed by atoms with Crippen molar-refractivity contribution in [3.8, 4) is 0 Å². The van der Waals surface area contributed by atoms with Crippen LogP contribution in [0.3, 0.4) is 0 Å². The molecule has 2 atom stereocenters. The Labute approximate surface area is 128 Å². The largest absolute Gasteiger partial charge is 0.391 e. The monoisotopic (exact) mass is 308 g/mol. The quantitative estimate of drug-likeness (QED) is 0.696. The van der Waals surface area contributed by atoms with Gasteiger partial charge in [-0.05, 0) is 43.9 Å². The number of halogens is 1. The lowest BCUT2D eigenvalue weighted by Crippen LogP contribution is -2.53. The highest BCUT2D eigenvalue weighted by atomic mass is 19.1. The molecule has 0 spiro atoms. The van der Waals surface area contributed by atoms with Crippen molar-refractivity contribution < 1.29 is 19.1 Å². The van der Waals surface area contributed by atoms with E-state index >= 15 is 0 Å². The number of hydrogen-bond acceptors (Lipinski definition) is 3. The predicted molar refractivity (Wildman–Crippen MR) is 79.4 cm³/mol. The summed E-state index contributed by atoms with van der Waals surface area (Å²) < 4.78 is 12.8. The minimum Gasteiger partial charge on any atom is -0.391 e. The highest BCUT2D eigenvalue weighted by molar-refractivity contribution is 5.89. The van der Waals surface area contributed by atoms with Crippen LogP contribution in [0, 0.1) is 11.7 Å². The summed E-state index contributed by atoms with van der Waals surface area (Å²) >= 11 is 0. The number of amides is 2. The summed E-state index contributed by atoms with van der Waals surface area (Å²) in [6, 6.07) is 5.10. The number of aliphatic hydroxyl groups is 1. The van der Waals surface area contributed by atoms with Crippen molar-refractivity contribution in [1.82, 2.24) is 10.6 Å². The van der Waals surface area contributed by atoms with Gasteiger partial charge in [0.2, 0.25) is 11.8 Å². The van der Waals surface area contributed by atoms with Gasteiger partial charge in [0.15, 0.2) is 0 Å². The standard InChI is InChI=1S/C16H21FN2O3/c1-10(20)14(19-15(21)12-4-5-12)16(22)18-9-8-11-2-6-13(17)7-3-11/h2-3,6-7,10,12,14,20H,4-5,8-9H2,1H3,(H,18,22)(H,19,21). The lowest BCUT2D eigenvalue weighted by atomic mass is 10.1. The van der Waals surface area contributed by atoms with Crippen LogP contribution < -0.4 is 10.6 Å². The number of aliphatic hydroxyl groups excluding tert-OH is 1. The second-order valence-corrected chi connectivity index (χ2v) is 5.67. The Kier molecular flexibility index (Phi) is 5.49. The van der Waals surface area contributed by atoms with Crippen LogP contribution in [0.4, 0.5) is 4.39 Å². The zero-order valence-electron chi connectivity index (χ0n) is 12.5. The Morgan fingerprint density at radius 3 is 2.50 bits per heavy atom. The maximum absolute atomic E-state index is 12.8. The number of benzene rings is 1. The summed E-state index contributed by atoms with van der Waals surface area (Å²) in [7, 11) is 0. The maximum Gasteiger partial charge on any atom is 0.245 e. The molecule has 2 rings (SSSR count). The van der Waals surface area contributed by atoms with E-state index in [2.05, 4.69) is 10.6 Å². The first-order chi connectivity index (χ1) is 10.5. The molecule has 0 saturated heterocycles. The minimum absolute atomic E-state index is 0.0201. The molecular weight excluding hydrogens is 287 g/mol. The van der Waals surface area contributed by atoms with Crippen molar-refractivity contribution in [3.05, 3.63) is 35.6 Å².